The van der Waals surface area contributed by atoms with Crippen molar-refractivity contribution in [2.45, 2.75) is 58.4 Å². The molecule has 7 nitrogen and oxygen atoms in total. The van der Waals surface area contributed by atoms with Gasteiger partial charge in [-0.1, -0.05) is 0 Å². The van der Waals surface area contributed by atoms with E-state index in [1.54, 1.807) is 26.0 Å². The van der Waals surface area contributed by atoms with E-state index in [0.717, 1.165) is 0 Å². The van der Waals surface area contributed by atoms with E-state index in [1.165, 1.54) is 4.68 Å². The number of nitrogens with zero attached hydrogens (tertiary/aromatic N) is 4. The van der Waals surface area contributed by atoms with Gasteiger partial charge in [0.05, 0.1) is 6.61 Å². The quantitative estimate of drug-likeness (QED) is 0.802. The molecule has 0 spiro atoms. The molecule has 0 radical (unpaired) electrons. The van der Waals surface area contributed by atoms with Gasteiger partial charge in [-0.3, -0.25) is 0 Å². The van der Waals surface area contributed by atoms with Gasteiger partial charge in [0.15, 0.2) is 5.69 Å². The van der Waals surface area contributed by atoms with Gasteiger partial charge in [-0.25, -0.2) is 23.2 Å². The summed E-state index contributed by atoms with van der Waals surface area (Å²) in [4.78, 5) is 20.7. The molecule has 2 aromatic rings. The second-order valence-corrected chi connectivity index (χ2v) is 6.77. The maximum absolute atomic E-state index is 13.3. The highest BCUT2D eigenvalue weighted by atomic mass is 19.3. The first-order valence-corrected chi connectivity index (χ1v) is 9.01. The molecule has 1 saturated carbocycles. The number of anilines is 1. The molecule has 1 fully saturated rings. The highest BCUT2D eigenvalue weighted by molar-refractivity contribution is 5.87. The fraction of sp³-hybridized carbons (Fsp3) is 0.556. The first-order chi connectivity index (χ1) is 12.8. The highest BCUT2D eigenvalue weighted by Gasteiger charge is 2.35. The first-order valence-electron chi connectivity index (χ1n) is 9.01. The van der Waals surface area contributed by atoms with Gasteiger partial charge >= 0.3 is 5.97 Å². The van der Waals surface area contributed by atoms with Crippen molar-refractivity contribution < 1.29 is 18.3 Å². The number of halogens is 2. The zero-order valence-electron chi connectivity index (χ0n) is 15.6. The maximum atomic E-state index is 13.3. The molecule has 3 rings (SSSR count). The lowest BCUT2D eigenvalue weighted by atomic mass is 9.92. The van der Waals surface area contributed by atoms with E-state index in [-0.39, 0.29) is 31.2 Å². The van der Waals surface area contributed by atoms with Crippen molar-refractivity contribution in [2.24, 2.45) is 0 Å². The third-order valence-corrected chi connectivity index (χ3v) is 4.47. The summed E-state index contributed by atoms with van der Waals surface area (Å²) in [5.74, 6) is -2.21. The molecule has 0 aromatic carbocycles. The summed E-state index contributed by atoms with van der Waals surface area (Å²) in [6.07, 6.45) is 0.532. The minimum Gasteiger partial charge on any atom is -0.461 e. The average molecular weight is 379 g/mol. The lowest BCUT2D eigenvalue weighted by molar-refractivity contribution is -0.0361. The molecule has 1 aliphatic carbocycles. The van der Waals surface area contributed by atoms with Crippen LogP contribution in [0.4, 0.5) is 14.6 Å². The Bertz CT molecular complexity index is 827. The van der Waals surface area contributed by atoms with Crippen molar-refractivity contribution in [1.82, 2.24) is 19.7 Å². The van der Waals surface area contributed by atoms with Crippen LogP contribution in [-0.2, 0) is 4.74 Å². The van der Waals surface area contributed by atoms with Crippen LogP contribution in [0.3, 0.4) is 0 Å². The second kappa shape index (κ2) is 7.58. The SMILES string of the molecule is CCOC(=O)c1cc(C)n(-c2nc(C)cc(NC3CCC(F)(F)CC3)n2)n1. The fourth-order valence-electron chi connectivity index (χ4n) is 3.10. The number of aryl methyl sites for hydroxylation is 2. The molecule has 2 heterocycles. The summed E-state index contributed by atoms with van der Waals surface area (Å²) in [7, 11) is 0. The summed E-state index contributed by atoms with van der Waals surface area (Å²) in [6, 6.07) is 3.32. The van der Waals surface area contributed by atoms with Crippen molar-refractivity contribution in [3.8, 4) is 5.95 Å². The second-order valence-electron chi connectivity index (χ2n) is 6.77. The lowest BCUT2D eigenvalue weighted by Crippen LogP contribution is -2.32. The molecule has 0 amide bonds. The number of carbonyl (C=O) groups excluding carboxylic acids is 1. The van der Waals surface area contributed by atoms with Crippen LogP contribution in [0.15, 0.2) is 12.1 Å². The van der Waals surface area contributed by atoms with Gasteiger partial charge < -0.3 is 10.1 Å². The van der Waals surface area contributed by atoms with Crippen LogP contribution in [0.2, 0.25) is 0 Å². The van der Waals surface area contributed by atoms with Crippen molar-refractivity contribution in [1.29, 1.82) is 0 Å². The van der Waals surface area contributed by atoms with Crippen molar-refractivity contribution >= 4 is 11.8 Å². The van der Waals surface area contributed by atoms with E-state index in [4.69, 9.17) is 4.74 Å². The van der Waals surface area contributed by atoms with Gasteiger partial charge in [0.2, 0.25) is 5.92 Å². The summed E-state index contributed by atoms with van der Waals surface area (Å²) >= 11 is 0. The minimum absolute atomic E-state index is 0.0550. The Hall–Kier alpha value is -2.58. The summed E-state index contributed by atoms with van der Waals surface area (Å²) in [5, 5.41) is 7.46. The van der Waals surface area contributed by atoms with E-state index in [2.05, 4.69) is 20.4 Å². The largest absolute Gasteiger partial charge is 0.461 e. The number of hydrogen-bond acceptors (Lipinski definition) is 6. The Balaban J connectivity index is 1.81. The van der Waals surface area contributed by atoms with Gasteiger partial charge in [0, 0.05) is 36.3 Å². The van der Waals surface area contributed by atoms with Crippen LogP contribution in [0, 0.1) is 13.8 Å². The van der Waals surface area contributed by atoms with Crippen LogP contribution in [0.25, 0.3) is 5.95 Å². The van der Waals surface area contributed by atoms with Gasteiger partial charge in [-0.05, 0) is 39.7 Å². The molecule has 0 unspecified atom stereocenters. The summed E-state index contributed by atoms with van der Waals surface area (Å²) in [5.41, 5.74) is 1.58. The predicted octanol–water partition coefficient (Wildman–Crippen LogP) is 3.45. The first kappa shape index (κ1) is 19.2. The molecule has 27 heavy (non-hydrogen) atoms. The van der Waals surface area contributed by atoms with Crippen molar-refractivity contribution in [2.75, 3.05) is 11.9 Å². The molecule has 146 valence electrons. The standard InChI is InChI=1S/C18H23F2N5O2/c1-4-27-16(26)14-10-12(3)25(24-14)17-21-11(2)9-15(23-17)22-13-5-7-18(19,20)8-6-13/h9-10,13H,4-8H2,1-3H3,(H,21,22,23). The number of aromatic nitrogens is 4. The molecule has 1 N–H and O–H groups in total. The Morgan fingerprint density at radius 3 is 2.67 bits per heavy atom. The number of hydrogen-bond donors (Lipinski definition) is 1. The monoisotopic (exact) mass is 379 g/mol. The Kier molecular flexibility index (Phi) is 5.38. The smallest absolute Gasteiger partial charge is 0.358 e. The van der Waals surface area contributed by atoms with E-state index in [1.807, 2.05) is 6.92 Å². The zero-order valence-corrected chi connectivity index (χ0v) is 15.6. The molecule has 2 aromatic heterocycles. The molecule has 0 saturated heterocycles. The Morgan fingerprint density at radius 1 is 1.30 bits per heavy atom. The zero-order chi connectivity index (χ0) is 19.6. The minimum atomic E-state index is -2.57. The van der Waals surface area contributed by atoms with Crippen LogP contribution in [-0.4, -0.2) is 44.3 Å². The fourth-order valence-corrected chi connectivity index (χ4v) is 3.10. The van der Waals surface area contributed by atoms with E-state index in [0.29, 0.717) is 36.0 Å². The molecular formula is C18H23F2N5O2. The van der Waals surface area contributed by atoms with E-state index < -0.39 is 11.9 Å². The van der Waals surface area contributed by atoms with Gasteiger partial charge in [-0.2, -0.15) is 10.1 Å². The normalized spacial score (nSPS) is 16.9. The number of alkyl halides is 2. The molecule has 9 heteroatoms. The van der Waals surface area contributed by atoms with Crippen LogP contribution >= 0.6 is 0 Å². The van der Waals surface area contributed by atoms with Crippen LogP contribution < -0.4 is 5.32 Å². The lowest BCUT2D eigenvalue weighted by Gasteiger charge is -2.29. The number of ether oxygens (including phenoxy) is 1. The molecule has 0 aliphatic heterocycles. The average Bonchev–Trinajstić information content (AvgIpc) is 2.99. The summed E-state index contributed by atoms with van der Waals surface area (Å²) in [6.45, 7) is 5.60. The third-order valence-electron chi connectivity index (χ3n) is 4.47. The number of carbonyl (C=O) groups is 1. The number of esters is 1. The van der Waals surface area contributed by atoms with Gasteiger partial charge in [0.1, 0.15) is 5.82 Å². The van der Waals surface area contributed by atoms with Crippen molar-refractivity contribution in [3.05, 3.63) is 29.2 Å². The maximum Gasteiger partial charge on any atom is 0.358 e. The molecule has 0 bridgehead atoms. The topological polar surface area (TPSA) is 81.9 Å². The predicted molar refractivity (Wildman–Crippen MR) is 95.4 cm³/mol. The van der Waals surface area contributed by atoms with Crippen LogP contribution in [0.5, 0.6) is 0 Å². The molecule has 1 aliphatic rings. The van der Waals surface area contributed by atoms with Gasteiger partial charge in [0.25, 0.3) is 5.95 Å². The van der Waals surface area contributed by atoms with E-state index >= 15 is 0 Å². The summed E-state index contributed by atoms with van der Waals surface area (Å²) < 4.78 is 33.1. The van der Waals surface area contributed by atoms with Crippen LogP contribution in [0.1, 0.15) is 54.5 Å². The van der Waals surface area contributed by atoms with Crippen molar-refractivity contribution in [3.63, 3.8) is 0 Å². The van der Waals surface area contributed by atoms with Gasteiger partial charge in [-0.15, -0.1) is 0 Å². The number of nitrogens with one attached hydrogen (secondary N) is 1. The molecule has 0 atom stereocenters. The van der Waals surface area contributed by atoms with E-state index in [9.17, 15) is 13.6 Å². The highest BCUT2D eigenvalue weighted by Crippen LogP contribution is 2.34. The Labute approximate surface area is 156 Å². The molecular weight excluding hydrogens is 356 g/mol. The number of rotatable bonds is 5. The third kappa shape index (κ3) is 4.58. The Morgan fingerprint density at radius 2 is 2.00 bits per heavy atom.